The van der Waals surface area contributed by atoms with Gasteiger partial charge in [0.15, 0.2) is 0 Å². The molecule has 2 aromatic heterocycles. The lowest BCUT2D eigenvalue weighted by molar-refractivity contribution is 0.0771. The second-order valence-electron chi connectivity index (χ2n) is 7.89. The van der Waals surface area contributed by atoms with E-state index in [9.17, 15) is 13.5 Å². The predicted octanol–water partition coefficient (Wildman–Crippen LogP) is 3.42. The van der Waals surface area contributed by atoms with Gasteiger partial charge in [-0.05, 0) is 47.9 Å². The number of nitrogens with one attached hydrogen (secondary N) is 1. The van der Waals surface area contributed by atoms with Gasteiger partial charge in [0, 0.05) is 47.7 Å². The van der Waals surface area contributed by atoms with E-state index in [-0.39, 0.29) is 11.4 Å². The fraction of sp³-hybridized carbons (Fsp3) is 0.208. The molecule has 2 atom stereocenters. The van der Waals surface area contributed by atoms with Gasteiger partial charge in [-0.15, -0.1) is 0 Å². The normalized spacial score (nSPS) is 20.2. The van der Waals surface area contributed by atoms with Crippen LogP contribution < -0.4 is 4.74 Å². The Morgan fingerprint density at radius 3 is 2.69 bits per heavy atom. The van der Waals surface area contributed by atoms with Crippen molar-refractivity contribution in [2.75, 3.05) is 7.11 Å². The Balaban J connectivity index is 1.59. The molecule has 1 aliphatic rings. The van der Waals surface area contributed by atoms with E-state index in [1.165, 1.54) is 4.31 Å². The summed E-state index contributed by atoms with van der Waals surface area (Å²) in [6.45, 7) is 0.150. The maximum absolute atomic E-state index is 13.6. The molecule has 5 rings (SSSR count). The number of nitrogens with zero attached hydrogens (tertiary/aromatic N) is 2. The van der Waals surface area contributed by atoms with Crippen molar-refractivity contribution in [1.29, 1.82) is 0 Å². The molecular weight excluding hydrogens is 426 g/mol. The van der Waals surface area contributed by atoms with Gasteiger partial charge in [-0.1, -0.05) is 18.2 Å². The molecule has 0 saturated carbocycles. The van der Waals surface area contributed by atoms with Crippen LogP contribution in [0.25, 0.3) is 10.9 Å². The van der Waals surface area contributed by atoms with Crippen molar-refractivity contribution in [3.05, 3.63) is 89.9 Å². The Bertz CT molecular complexity index is 1370. The number of aliphatic hydroxyl groups is 1. The average molecular weight is 450 g/mol. The van der Waals surface area contributed by atoms with E-state index in [1.807, 2.05) is 24.4 Å². The molecule has 8 heteroatoms. The molecule has 3 heterocycles. The number of hydrogen-bond acceptors (Lipinski definition) is 5. The first-order valence-corrected chi connectivity index (χ1v) is 11.7. The van der Waals surface area contributed by atoms with Crippen molar-refractivity contribution in [3.8, 4) is 5.75 Å². The number of rotatable bonds is 5. The highest BCUT2D eigenvalue weighted by Gasteiger charge is 2.43. The number of sulfonamides is 1. The number of ether oxygens (including phenoxy) is 1. The number of methoxy groups -OCH3 is 1. The third kappa shape index (κ3) is 3.46. The molecule has 7 nitrogen and oxygen atoms in total. The third-order valence-electron chi connectivity index (χ3n) is 6.05. The third-order valence-corrected chi connectivity index (χ3v) is 8.00. The topological polar surface area (TPSA) is 95.5 Å². The van der Waals surface area contributed by atoms with Crippen LogP contribution in [0.1, 0.15) is 22.8 Å². The fourth-order valence-corrected chi connectivity index (χ4v) is 6.25. The zero-order valence-corrected chi connectivity index (χ0v) is 18.3. The molecule has 2 N–H and O–H groups in total. The quantitative estimate of drug-likeness (QED) is 0.487. The molecule has 32 heavy (non-hydrogen) atoms. The monoisotopic (exact) mass is 449 g/mol. The van der Waals surface area contributed by atoms with Gasteiger partial charge in [-0.3, -0.25) is 4.98 Å². The maximum Gasteiger partial charge on any atom is 0.244 e. The molecule has 0 bridgehead atoms. The lowest BCUT2D eigenvalue weighted by Gasteiger charge is -2.39. The molecular formula is C24H23N3O4S. The molecule has 2 aromatic carbocycles. The number of benzene rings is 2. The molecule has 0 fully saturated rings. The van der Waals surface area contributed by atoms with Crippen LogP contribution in [0.3, 0.4) is 0 Å². The van der Waals surface area contributed by atoms with Crippen LogP contribution in [-0.4, -0.2) is 40.9 Å². The number of fused-ring (bicyclic) bond motifs is 2. The first kappa shape index (κ1) is 20.7. The number of aromatic nitrogens is 2. The molecule has 0 aliphatic carbocycles. The SMILES string of the molecule is COc1ccc2c(CC3C(O)c4ccccc4S(=O)(=O)N3Cc3ccncc3)c[nH]c2c1. The standard InChI is InChI=1S/C24H23N3O4S/c1-31-18-6-7-19-17(14-26-21(19)13-18)12-22-24(28)20-4-2-3-5-23(20)32(29,30)27(22)15-16-8-10-25-11-9-16/h2-11,13-14,22,24,26,28H,12,15H2,1H3. The van der Waals surface area contributed by atoms with Crippen molar-refractivity contribution in [2.45, 2.75) is 30.0 Å². The van der Waals surface area contributed by atoms with Crippen LogP contribution in [0.5, 0.6) is 5.75 Å². The minimum Gasteiger partial charge on any atom is -0.497 e. The average Bonchev–Trinajstić information content (AvgIpc) is 3.22. The summed E-state index contributed by atoms with van der Waals surface area (Å²) in [7, 11) is -2.19. The van der Waals surface area contributed by atoms with E-state index in [2.05, 4.69) is 9.97 Å². The zero-order chi connectivity index (χ0) is 22.3. The highest BCUT2D eigenvalue weighted by molar-refractivity contribution is 7.89. The highest BCUT2D eigenvalue weighted by Crippen LogP contribution is 2.39. The van der Waals surface area contributed by atoms with Crippen LogP contribution >= 0.6 is 0 Å². The maximum atomic E-state index is 13.6. The van der Waals surface area contributed by atoms with Gasteiger partial charge >= 0.3 is 0 Å². The summed E-state index contributed by atoms with van der Waals surface area (Å²) in [5.41, 5.74) is 3.07. The van der Waals surface area contributed by atoms with E-state index in [4.69, 9.17) is 4.74 Å². The van der Waals surface area contributed by atoms with E-state index in [1.54, 1.807) is 55.9 Å². The number of hydrogen-bond donors (Lipinski definition) is 2. The van der Waals surface area contributed by atoms with Crippen molar-refractivity contribution >= 4 is 20.9 Å². The first-order chi connectivity index (χ1) is 15.5. The van der Waals surface area contributed by atoms with Crippen LogP contribution in [-0.2, 0) is 23.0 Å². The Labute approximate surface area is 186 Å². The minimum atomic E-state index is -3.81. The largest absolute Gasteiger partial charge is 0.497 e. The van der Waals surface area contributed by atoms with Gasteiger partial charge < -0.3 is 14.8 Å². The lowest BCUT2D eigenvalue weighted by Crippen LogP contribution is -2.48. The summed E-state index contributed by atoms with van der Waals surface area (Å²) in [6.07, 6.45) is 4.54. The summed E-state index contributed by atoms with van der Waals surface area (Å²) >= 11 is 0. The van der Waals surface area contributed by atoms with E-state index in [0.717, 1.165) is 27.8 Å². The van der Waals surface area contributed by atoms with Crippen molar-refractivity contribution in [3.63, 3.8) is 0 Å². The number of aromatic amines is 1. The Kier molecular flexibility index (Phi) is 5.21. The van der Waals surface area contributed by atoms with Gasteiger partial charge in [-0.25, -0.2) is 8.42 Å². The van der Waals surface area contributed by atoms with Gasteiger partial charge in [0.05, 0.1) is 24.2 Å². The van der Waals surface area contributed by atoms with E-state index < -0.39 is 22.2 Å². The van der Waals surface area contributed by atoms with Gasteiger partial charge in [0.25, 0.3) is 0 Å². The van der Waals surface area contributed by atoms with Crippen LogP contribution in [0.4, 0.5) is 0 Å². The summed E-state index contributed by atoms with van der Waals surface area (Å²) < 4.78 is 33.9. The molecule has 1 aliphatic heterocycles. The molecule has 4 aromatic rings. The second-order valence-corrected chi connectivity index (χ2v) is 9.74. The van der Waals surface area contributed by atoms with Gasteiger partial charge in [-0.2, -0.15) is 4.31 Å². The number of aliphatic hydroxyl groups excluding tert-OH is 1. The highest BCUT2D eigenvalue weighted by atomic mass is 32.2. The lowest BCUT2D eigenvalue weighted by atomic mass is 9.95. The summed E-state index contributed by atoms with van der Waals surface area (Å²) in [5, 5.41) is 12.3. The summed E-state index contributed by atoms with van der Waals surface area (Å²) in [4.78, 5) is 7.41. The van der Waals surface area contributed by atoms with Crippen molar-refractivity contribution < 1.29 is 18.3 Å². The van der Waals surface area contributed by atoms with Crippen molar-refractivity contribution in [2.24, 2.45) is 0 Å². The van der Waals surface area contributed by atoms with Crippen LogP contribution in [0, 0.1) is 0 Å². The second kappa shape index (κ2) is 8.05. The predicted molar refractivity (Wildman–Crippen MR) is 121 cm³/mol. The van der Waals surface area contributed by atoms with Crippen LogP contribution in [0.15, 0.2) is 78.1 Å². The number of H-pyrrole nitrogens is 1. The summed E-state index contributed by atoms with van der Waals surface area (Å²) in [6, 6.07) is 15.3. The zero-order valence-electron chi connectivity index (χ0n) is 17.5. The minimum absolute atomic E-state index is 0.150. The molecule has 0 spiro atoms. The Morgan fingerprint density at radius 1 is 1.12 bits per heavy atom. The summed E-state index contributed by atoms with van der Waals surface area (Å²) in [5.74, 6) is 0.736. The molecule has 164 valence electrons. The van der Waals surface area contributed by atoms with E-state index in [0.29, 0.717) is 12.0 Å². The number of pyridine rings is 1. The van der Waals surface area contributed by atoms with Crippen molar-refractivity contribution in [1.82, 2.24) is 14.3 Å². The Hall–Kier alpha value is -3.20. The van der Waals surface area contributed by atoms with Crippen LogP contribution in [0.2, 0.25) is 0 Å². The molecule has 0 saturated heterocycles. The Morgan fingerprint density at radius 2 is 1.91 bits per heavy atom. The molecule has 0 radical (unpaired) electrons. The molecule has 2 unspecified atom stereocenters. The smallest absolute Gasteiger partial charge is 0.244 e. The van der Waals surface area contributed by atoms with E-state index >= 15 is 0 Å². The van der Waals surface area contributed by atoms with Gasteiger partial charge in [0.2, 0.25) is 10.0 Å². The van der Waals surface area contributed by atoms with Gasteiger partial charge in [0.1, 0.15) is 5.75 Å². The molecule has 0 amide bonds. The first-order valence-electron chi connectivity index (χ1n) is 10.3. The fourth-order valence-electron chi connectivity index (χ4n) is 4.40.